The van der Waals surface area contributed by atoms with Crippen LogP contribution in [0.2, 0.25) is 0 Å². The van der Waals surface area contributed by atoms with E-state index in [0.29, 0.717) is 0 Å². The summed E-state index contributed by atoms with van der Waals surface area (Å²) in [6.45, 7) is 2.27. The number of anilines is 1. The topological polar surface area (TPSA) is 43.8 Å². The second kappa shape index (κ2) is 9.01. The summed E-state index contributed by atoms with van der Waals surface area (Å²) >= 11 is 0. The molecule has 0 aromatic carbocycles. The Bertz CT molecular complexity index is 318. The number of hydrogen-bond acceptors (Lipinski definition) is 2. The third-order valence-electron chi connectivity index (χ3n) is 3.61. The van der Waals surface area contributed by atoms with Gasteiger partial charge in [-0.25, -0.2) is 0 Å². The first-order valence-corrected chi connectivity index (χ1v) is 7.52. The van der Waals surface area contributed by atoms with Gasteiger partial charge in [-0.2, -0.15) is 5.10 Å². The SMILES string of the molecule is CCCCCCCCCCCc1cnn(C)c1N. The highest BCUT2D eigenvalue weighted by Gasteiger charge is 2.03. The smallest absolute Gasteiger partial charge is 0.124 e. The van der Waals surface area contributed by atoms with Crippen LogP contribution in [0, 0.1) is 0 Å². The molecule has 0 aliphatic carbocycles. The quantitative estimate of drug-likeness (QED) is 0.637. The number of aromatic nitrogens is 2. The normalized spacial score (nSPS) is 11.0. The van der Waals surface area contributed by atoms with E-state index in [1.807, 2.05) is 13.2 Å². The number of nitrogens with zero attached hydrogens (tertiary/aromatic N) is 2. The predicted octanol–water partition coefficient (Wildman–Crippen LogP) is 4.08. The van der Waals surface area contributed by atoms with Gasteiger partial charge >= 0.3 is 0 Å². The van der Waals surface area contributed by atoms with E-state index in [1.54, 1.807) is 4.68 Å². The minimum atomic E-state index is 0.828. The van der Waals surface area contributed by atoms with Crippen LogP contribution >= 0.6 is 0 Å². The van der Waals surface area contributed by atoms with Crippen molar-refractivity contribution in [2.24, 2.45) is 7.05 Å². The molecule has 0 atom stereocenters. The third kappa shape index (κ3) is 5.56. The summed E-state index contributed by atoms with van der Waals surface area (Å²) in [6.07, 6.45) is 15.3. The van der Waals surface area contributed by atoms with E-state index >= 15 is 0 Å². The Morgan fingerprint density at radius 3 is 2.06 bits per heavy atom. The zero-order valence-corrected chi connectivity index (χ0v) is 12.1. The fraction of sp³-hybridized carbons (Fsp3) is 0.800. The van der Waals surface area contributed by atoms with Gasteiger partial charge in [0.1, 0.15) is 5.82 Å². The first-order valence-electron chi connectivity index (χ1n) is 7.52. The lowest BCUT2D eigenvalue weighted by molar-refractivity contribution is 0.565. The molecule has 2 N–H and O–H groups in total. The summed E-state index contributed by atoms with van der Waals surface area (Å²) < 4.78 is 1.75. The van der Waals surface area contributed by atoms with Crippen molar-refractivity contribution in [1.29, 1.82) is 0 Å². The van der Waals surface area contributed by atoms with Gasteiger partial charge in [-0.1, -0.05) is 58.3 Å². The fourth-order valence-corrected chi connectivity index (χ4v) is 2.31. The van der Waals surface area contributed by atoms with Gasteiger partial charge in [0.15, 0.2) is 0 Å². The van der Waals surface area contributed by atoms with Crippen LogP contribution in [0.5, 0.6) is 0 Å². The largest absolute Gasteiger partial charge is 0.384 e. The molecule has 0 fully saturated rings. The molecule has 3 heteroatoms. The van der Waals surface area contributed by atoms with E-state index in [1.165, 1.54) is 63.4 Å². The van der Waals surface area contributed by atoms with E-state index in [4.69, 9.17) is 5.73 Å². The van der Waals surface area contributed by atoms with Crippen LogP contribution in [0.4, 0.5) is 5.82 Å². The lowest BCUT2D eigenvalue weighted by Crippen LogP contribution is -1.99. The average molecular weight is 251 g/mol. The standard InChI is InChI=1S/C15H29N3/c1-3-4-5-6-7-8-9-10-11-12-14-13-17-18(2)15(14)16/h13H,3-12,16H2,1-2H3. The molecule has 1 aromatic heterocycles. The van der Waals surface area contributed by atoms with Gasteiger partial charge in [0.2, 0.25) is 0 Å². The molecule has 0 radical (unpaired) electrons. The minimum absolute atomic E-state index is 0.828. The third-order valence-corrected chi connectivity index (χ3v) is 3.61. The number of unbranched alkanes of at least 4 members (excludes halogenated alkanes) is 8. The molecule has 1 aromatic rings. The van der Waals surface area contributed by atoms with E-state index < -0.39 is 0 Å². The van der Waals surface area contributed by atoms with E-state index in [-0.39, 0.29) is 0 Å². The van der Waals surface area contributed by atoms with Gasteiger partial charge in [-0.05, 0) is 12.8 Å². The Labute approximate surface area is 112 Å². The molecule has 3 nitrogen and oxygen atoms in total. The van der Waals surface area contributed by atoms with Crippen molar-refractivity contribution in [3.05, 3.63) is 11.8 Å². The minimum Gasteiger partial charge on any atom is -0.384 e. The molecule has 0 unspecified atom stereocenters. The molecule has 104 valence electrons. The van der Waals surface area contributed by atoms with Gasteiger partial charge in [0.05, 0.1) is 6.20 Å². The number of hydrogen-bond donors (Lipinski definition) is 1. The van der Waals surface area contributed by atoms with Gasteiger partial charge in [-0.3, -0.25) is 4.68 Å². The summed E-state index contributed by atoms with van der Waals surface area (Å²) in [4.78, 5) is 0. The Balaban J connectivity index is 1.94. The number of nitrogens with two attached hydrogens (primary N) is 1. The lowest BCUT2D eigenvalue weighted by atomic mass is 10.0. The molecule has 0 aliphatic rings. The second-order valence-corrected chi connectivity index (χ2v) is 5.26. The highest BCUT2D eigenvalue weighted by molar-refractivity contribution is 5.38. The molecule has 0 spiro atoms. The first-order chi connectivity index (χ1) is 8.75. The summed E-state index contributed by atoms with van der Waals surface area (Å²) in [5, 5.41) is 4.16. The summed E-state index contributed by atoms with van der Waals surface area (Å²) in [6, 6.07) is 0. The molecule has 1 heterocycles. The van der Waals surface area contributed by atoms with Gasteiger partial charge < -0.3 is 5.73 Å². The van der Waals surface area contributed by atoms with E-state index in [2.05, 4.69) is 12.0 Å². The zero-order valence-electron chi connectivity index (χ0n) is 12.1. The molecule has 0 bridgehead atoms. The maximum absolute atomic E-state index is 5.91. The molecular formula is C15H29N3. The molecule has 0 saturated heterocycles. The van der Waals surface area contributed by atoms with E-state index in [9.17, 15) is 0 Å². The fourth-order valence-electron chi connectivity index (χ4n) is 2.31. The molecular weight excluding hydrogens is 222 g/mol. The van der Waals surface area contributed by atoms with Gasteiger partial charge in [-0.15, -0.1) is 0 Å². The Kier molecular flexibility index (Phi) is 7.54. The van der Waals surface area contributed by atoms with Crippen molar-refractivity contribution < 1.29 is 0 Å². The summed E-state index contributed by atoms with van der Waals surface area (Å²) in [5.74, 6) is 0.828. The summed E-state index contributed by atoms with van der Waals surface area (Å²) in [7, 11) is 1.90. The molecule has 0 aliphatic heterocycles. The molecule has 0 amide bonds. The lowest BCUT2D eigenvalue weighted by Gasteiger charge is -2.02. The van der Waals surface area contributed by atoms with Crippen molar-refractivity contribution in [1.82, 2.24) is 9.78 Å². The van der Waals surface area contributed by atoms with Crippen molar-refractivity contribution in [3.8, 4) is 0 Å². The first kappa shape index (κ1) is 15.1. The average Bonchev–Trinajstić information content (AvgIpc) is 2.68. The Hall–Kier alpha value is -0.990. The highest BCUT2D eigenvalue weighted by Crippen LogP contribution is 2.15. The van der Waals surface area contributed by atoms with Crippen molar-refractivity contribution in [3.63, 3.8) is 0 Å². The van der Waals surface area contributed by atoms with Gasteiger partial charge in [0.25, 0.3) is 0 Å². The van der Waals surface area contributed by atoms with Crippen LogP contribution in [-0.2, 0) is 13.5 Å². The Morgan fingerprint density at radius 2 is 1.56 bits per heavy atom. The van der Waals surface area contributed by atoms with Crippen LogP contribution in [0.3, 0.4) is 0 Å². The van der Waals surface area contributed by atoms with E-state index in [0.717, 1.165) is 12.2 Å². The maximum Gasteiger partial charge on any atom is 0.124 e. The second-order valence-electron chi connectivity index (χ2n) is 5.26. The van der Waals surface area contributed by atoms with Crippen LogP contribution in [0.25, 0.3) is 0 Å². The summed E-state index contributed by atoms with van der Waals surface area (Å²) in [5.41, 5.74) is 7.12. The number of nitrogen functional groups attached to an aromatic ring is 1. The van der Waals surface area contributed by atoms with Crippen LogP contribution in [0.1, 0.15) is 70.3 Å². The van der Waals surface area contributed by atoms with Crippen molar-refractivity contribution >= 4 is 5.82 Å². The molecule has 0 saturated carbocycles. The van der Waals surface area contributed by atoms with Crippen LogP contribution in [0.15, 0.2) is 6.20 Å². The van der Waals surface area contributed by atoms with Crippen molar-refractivity contribution in [2.75, 3.05) is 5.73 Å². The monoisotopic (exact) mass is 251 g/mol. The number of rotatable bonds is 10. The maximum atomic E-state index is 5.91. The highest BCUT2D eigenvalue weighted by atomic mass is 15.3. The zero-order chi connectivity index (χ0) is 13.2. The number of aryl methyl sites for hydroxylation is 2. The van der Waals surface area contributed by atoms with Crippen molar-refractivity contribution in [2.45, 2.75) is 71.1 Å². The molecule has 1 rings (SSSR count). The molecule has 18 heavy (non-hydrogen) atoms. The van der Waals surface area contributed by atoms with Crippen LogP contribution in [-0.4, -0.2) is 9.78 Å². The van der Waals surface area contributed by atoms with Gasteiger partial charge in [0, 0.05) is 12.6 Å². The van der Waals surface area contributed by atoms with Crippen LogP contribution < -0.4 is 5.73 Å². The predicted molar refractivity (Wildman–Crippen MR) is 78.6 cm³/mol. The Morgan fingerprint density at radius 1 is 1.00 bits per heavy atom.